The van der Waals surface area contributed by atoms with Crippen molar-refractivity contribution in [1.29, 1.82) is 0 Å². The van der Waals surface area contributed by atoms with Crippen molar-refractivity contribution in [3.05, 3.63) is 59.1 Å². The van der Waals surface area contributed by atoms with Crippen LogP contribution >= 0.6 is 23.2 Å². The molecule has 1 aromatic carbocycles. The highest BCUT2D eigenvalue weighted by Crippen LogP contribution is 2.37. The average molecular weight is 344 g/mol. The molecule has 5 heteroatoms. The van der Waals surface area contributed by atoms with Crippen molar-refractivity contribution in [3.63, 3.8) is 0 Å². The van der Waals surface area contributed by atoms with Gasteiger partial charge in [-0.3, -0.25) is 4.98 Å². The Morgan fingerprint density at radius 1 is 1.00 bits per heavy atom. The highest BCUT2D eigenvalue weighted by atomic mass is 35.5. The van der Waals surface area contributed by atoms with E-state index < -0.39 is 0 Å². The first-order chi connectivity index (χ1) is 11.2. The Morgan fingerprint density at radius 3 is 2.48 bits per heavy atom. The third-order valence-corrected chi connectivity index (χ3v) is 4.88. The lowest BCUT2D eigenvalue weighted by Gasteiger charge is -2.10. The molecule has 4 rings (SSSR count). The summed E-state index contributed by atoms with van der Waals surface area (Å²) in [6.07, 6.45) is 8.14. The fourth-order valence-electron chi connectivity index (χ4n) is 2.77. The highest BCUT2D eigenvalue weighted by Gasteiger charge is 2.24. The summed E-state index contributed by atoms with van der Waals surface area (Å²) >= 11 is 12.2. The number of benzene rings is 1. The number of imidazole rings is 1. The minimum atomic E-state index is 0.543. The maximum absolute atomic E-state index is 6.19. The second-order valence-electron chi connectivity index (χ2n) is 5.90. The van der Waals surface area contributed by atoms with E-state index in [0.717, 1.165) is 35.0 Å². The molecular weight excluding hydrogens is 329 g/mol. The first kappa shape index (κ1) is 14.7. The Labute approximate surface area is 144 Å². The molecule has 0 bridgehead atoms. The third kappa shape index (κ3) is 2.99. The molecule has 0 N–H and O–H groups in total. The Bertz CT molecular complexity index is 839. The molecule has 0 amide bonds. The topological polar surface area (TPSA) is 30.7 Å². The molecule has 3 aromatic rings. The van der Waals surface area contributed by atoms with Crippen molar-refractivity contribution in [2.75, 3.05) is 0 Å². The lowest BCUT2D eigenvalue weighted by molar-refractivity contribution is 0.631. The summed E-state index contributed by atoms with van der Waals surface area (Å²) in [6.45, 7) is 1.01. The number of aromatic nitrogens is 3. The summed E-state index contributed by atoms with van der Waals surface area (Å²) in [5.41, 5.74) is 4.12. The standard InChI is InChI=1S/C18H15Cl2N3/c19-15-4-3-14(9-16(15)20)17-18(13-5-7-21-8-6-13)23(11-22-17)10-12-1-2-12/h3-9,11-12H,1-2,10H2. The van der Waals surface area contributed by atoms with Gasteiger partial charge in [0, 0.05) is 30.1 Å². The molecule has 0 unspecified atom stereocenters. The van der Waals surface area contributed by atoms with E-state index in [2.05, 4.69) is 14.5 Å². The zero-order valence-corrected chi connectivity index (χ0v) is 13.9. The first-order valence-corrected chi connectivity index (χ1v) is 8.39. The van der Waals surface area contributed by atoms with E-state index >= 15 is 0 Å². The quantitative estimate of drug-likeness (QED) is 0.640. The van der Waals surface area contributed by atoms with Gasteiger partial charge in [0.25, 0.3) is 0 Å². The van der Waals surface area contributed by atoms with Crippen LogP contribution in [0, 0.1) is 5.92 Å². The van der Waals surface area contributed by atoms with Crippen LogP contribution in [-0.4, -0.2) is 14.5 Å². The van der Waals surface area contributed by atoms with Crippen molar-refractivity contribution in [3.8, 4) is 22.5 Å². The molecule has 2 aromatic heterocycles. The fraction of sp³-hybridized carbons (Fsp3) is 0.222. The number of hydrogen-bond acceptors (Lipinski definition) is 2. The highest BCUT2D eigenvalue weighted by molar-refractivity contribution is 6.42. The van der Waals surface area contributed by atoms with Crippen molar-refractivity contribution in [2.45, 2.75) is 19.4 Å². The maximum atomic E-state index is 6.19. The van der Waals surface area contributed by atoms with E-state index in [-0.39, 0.29) is 0 Å². The van der Waals surface area contributed by atoms with Crippen LogP contribution in [0.25, 0.3) is 22.5 Å². The second-order valence-corrected chi connectivity index (χ2v) is 6.72. The number of nitrogens with zero attached hydrogens (tertiary/aromatic N) is 3. The summed E-state index contributed by atoms with van der Waals surface area (Å²) in [6, 6.07) is 9.68. The minimum Gasteiger partial charge on any atom is -0.330 e. The summed E-state index contributed by atoms with van der Waals surface area (Å²) in [5.74, 6) is 0.770. The van der Waals surface area contributed by atoms with Gasteiger partial charge in [-0.05, 0) is 43.0 Å². The Kier molecular flexibility index (Phi) is 3.83. The lowest BCUT2D eigenvalue weighted by atomic mass is 10.1. The van der Waals surface area contributed by atoms with Crippen molar-refractivity contribution in [1.82, 2.24) is 14.5 Å². The molecule has 1 saturated carbocycles. The smallest absolute Gasteiger partial charge is 0.0963 e. The van der Waals surface area contributed by atoms with Crippen LogP contribution in [0.15, 0.2) is 49.1 Å². The van der Waals surface area contributed by atoms with Gasteiger partial charge in [-0.1, -0.05) is 29.3 Å². The maximum Gasteiger partial charge on any atom is 0.0963 e. The number of halogens is 2. The predicted molar refractivity (Wildman–Crippen MR) is 93.6 cm³/mol. The van der Waals surface area contributed by atoms with E-state index in [1.807, 2.05) is 49.1 Å². The summed E-state index contributed by atoms with van der Waals surface area (Å²) in [7, 11) is 0. The molecule has 2 heterocycles. The molecule has 0 atom stereocenters. The molecule has 116 valence electrons. The normalized spacial score (nSPS) is 14.2. The molecule has 3 nitrogen and oxygen atoms in total. The zero-order chi connectivity index (χ0) is 15.8. The third-order valence-electron chi connectivity index (χ3n) is 4.14. The SMILES string of the molecule is Clc1ccc(-c2ncn(CC3CC3)c2-c2ccncc2)cc1Cl. The van der Waals surface area contributed by atoms with Crippen LogP contribution in [0.4, 0.5) is 0 Å². The van der Waals surface area contributed by atoms with E-state index in [1.54, 1.807) is 0 Å². The van der Waals surface area contributed by atoms with Crippen molar-refractivity contribution in [2.24, 2.45) is 5.92 Å². The lowest BCUT2D eigenvalue weighted by Crippen LogP contribution is -2.01. The molecule has 23 heavy (non-hydrogen) atoms. The van der Waals surface area contributed by atoms with Gasteiger partial charge < -0.3 is 4.57 Å². The molecule has 0 spiro atoms. The van der Waals surface area contributed by atoms with Gasteiger partial charge >= 0.3 is 0 Å². The predicted octanol–water partition coefficient (Wildman–Crippen LogP) is 5.33. The minimum absolute atomic E-state index is 0.543. The van der Waals surface area contributed by atoms with Crippen LogP contribution in [-0.2, 0) is 6.54 Å². The largest absolute Gasteiger partial charge is 0.330 e. The molecular formula is C18H15Cl2N3. The van der Waals surface area contributed by atoms with E-state index in [9.17, 15) is 0 Å². The average Bonchev–Trinajstić information content (AvgIpc) is 3.28. The van der Waals surface area contributed by atoms with Crippen LogP contribution in [0.3, 0.4) is 0 Å². The van der Waals surface area contributed by atoms with Crippen molar-refractivity contribution >= 4 is 23.2 Å². The van der Waals surface area contributed by atoms with Gasteiger partial charge in [-0.2, -0.15) is 0 Å². The molecule has 0 saturated heterocycles. The number of pyridine rings is 1. The zero-order valence-electron chi connectivity index (χ0n) is 12.4. The summed E-state index contributed by atoms with van der Waals surface area (Å²) < 4.78 is 2.24. The fourth-order valence-corrected chi connectivity index (χ4v) is 3.06. The number of hydrogen-bond donors (Lipinski definition) is 0. The number of rotatable bonds is 4. The summed E-state index contributed by atoms with van der Waals surface area (Å²) in [4.78, 5) is 8.77. The Morgan fingerprint density at radius 2 is 1.78 bits per heavy atom. The van der Waals surface area contributed by atoms with E-state index in [0.29, 0.717) is 10.0 Å². The van der Waals surface area contributed by atoms with Gasteiger partial charge in [0.2, 0.25) is 0 Å². The Balaban J connectivity index is 1.85. The van der Waals surface area contributed by atoms with Crippen LogP contribution in [0.2, 0.25) is 10.0 Å². The van der Waals surface area contributed by atoms with Crippen LogP contribution in [0.5, 0.6) is 0 Å². The molecule has 1 fully saturated rings. The van der Waals surface area contributed by atoms with E-state index in [4.69, 9.17) is 23.2 Å². The van der Waals surface area contributed by atoms with Gasteiger partial charge in [-0.15, -0.1) is 0 Å². The van der Waals surface area contributed by atoms with Crippen LogP contribution in [0.1, 0.15) is 12.8 Å². The molecule has 1 aliphatic carbocycles. The van der Waals surface area contributed by atoms with Crippen molar-refractivity contribution < 1.29 is 0 Å². The van der Waals surface area contributed by atoms with E-state index in [1.165, 1.54) is 12.8 Å². The van der Waals surface area contributed by atoms with Crippen LogP contribution < -0.4 is 0 Å². The second kappa shape index (κ2) is 5.99. The van der Waals surface area contributed by atoms with Gasteiger partial charge in [0.15, 0.2) is 0 Å². The monoisotopic (exact) mass is 343 g/mol. The summed E-state index contributed by atoms with van der Waals surface area (Å²) in [5, 5.41) is 1.10. The molecule has 0 aliphatic heterocycles. The molecule has 1 aliphatic rings. The van der Waals surface area contributed by atoms with Gasteiger partial charge in [0.1, 0.15) is 0 Å². The molecule has 0 radical (unpaired) electrons. The van der Waals surface area contributed by atoms with Gasteiger partial charge in [-0.25, -0.2) is 4.98 Å². The van der Waals surface area contributed by atoms with Gasteiger partial charge in [0.05, 0.1) is 27.8 Å². The first-order valence-electron chi connectivity index (χ1n) is 7.63. The Hall–Kier alpha value is -1.84.